The van der Waals surface area contributed by atoms with Gasteiger partial charge in [0.1, 0.15) is 11.6 Å². The number of nitrogens with zero attached hydrogens (tertiary/aromatic N) is 3. The van der Waals surface area contributed by atoms with Crippen molar-refractivity contribution in [1.82, 2.24) is 30.5 Å². The van der Waals surface area contributed by atoms with E-state index >= 15 is 0 Å². The Morgan fingerprint density at radius 2 is 2.20 bits per heavy atom. The molecule has 3 N–H and O–H groups in total. The Morgan fingerprint density at radius 3 is 2.70 bits per heavy atom. The fraction of sp³-hybridized carbons (Fsp3) is 0.538. The minimum absolute atomic E-state index is 0.153. The van der Waals surface area contributed by atoms with Crippen molar-refractivity contribution >= 4 is 5.91 Å². The highest BCUT2D eigenvalue weighted by Crippen LogP contribution is 2.18. The predicted molar refractivity (Wildman–Crippen MR) is 74.2 cm³/mol. The lowest BCUT2D eigenvalue weighted by molar-refractivity contribution is 0.0923. The maximum Gasteiger partial charge on any atom is 0.291 e. The zero-order valence-corrected chi connectivity index (χ0v) is 12.2. The SMILES string of the molecule is CCC(NC(=O)c1n[nH]c(C(C)(C)C)n1)c1ncc[nH]1. The van der Waals surface area contributed by atoms with Gasteiger partial charge in [-0.3, -0.25) is 9.89 Å². The molecule has 0 spiro atoms. The van der Waals surface area contributed by atoms with Crippen LogP contribution in [0.25, 0.3) is 0 Å². The Bertz CT molecular complexity index is 566. The molecule has 0 aliphatic heterocycles. The molecule has 7 heteroatoms. The molecule has 1 atom stereocenters. The number of rotatable bonds is 4. The number of carbonyl (C=O) groups is 1. The lowest BCUT2D eigenvalue weighted by Crippen LogP contribution is -2.29. The summed E-state index contributed by atoms with van der Waals surface area (Å²) in [6.45, 7) is 8.00. The van der Waals surface area contributed by atoms with Crippen LogP contribution < -0.4 is 5.32 Å². The van der Waals surface area contributed by atoms with E-state index in [2.05, 4.69) is 30.5 Å². The lowest BCUT2D eigenvalue weighted by atomic mass is 9.96. The summed E-state index contributed by atoms with van der Waals surface area (Å²) in [5.41, 5.74) is -0.170. The number of aromatic amines is 2. The van der Waals surface area contributed by atoms with E-state index in [4.69, 9.17) is 0 Å². The predicted octanol–water partition coefficient (Wildman–Crippen LogP) is 1.71. The van der Waals surface area contributed by atoms with Gasteiger partial charge in [0, 0.05) is 17.8 Å². The minimum Gasteiger partial charge on any atom is -0.347 e. The molecule has 0 radical (unpaired) electrons. The molecule has 0 saturated heterocycles. The van der Waals surface area contributed by atoms with Crippen molar-refractivity contribution in [2.75, 3.05) is 0 Å². The maximum atomic E-state index is 12.2. The number of H-pyrrole nitrogens is 2. The van der Waals surface area contributed by atoms with Crippen LogP contribution in [-0.4, -0.2) is 31.1 Å². The van der Waals surface area contributed by atoms with Crippen LogP contribution in [-0.2, 0) is 5.41 Å². The quantitative estimate of drug-likeness (QED) is 0.791. The van der Waals surface area contributed by atoms with Gasteiger partial charge in [-0.1, -0.05) is 27.7 Å². The number of imidazole rings is 1. The van der Waals surface area contributed by atoms with Crippen molar-refractivity contribution in [3.63, 3.8) is 0 Å². The summed E-state index contributed by atoms with van der Waals surface area (Å²) in [5.74, 6) is 1.26. The third kappa shape index (κ3) is 3.04. The second-order valence-corrected chi connectivity index (χ2v) is 5.67. The fourth-order valence-electron chi connectivity index (χ4n) is 1.75. The number of amides is 1. The highest BCUT2D eigenvalue weighted by Gasteiger charge is 2.23. The molecule has 20 heavy (non-hydrogen) atoms. The fourth-order valence-corrected chi connectivity index (χ4v) is 1.75. The standard InChI is InChI=1S/C13H20N6O/c1-5-8(9-14-6-7-15-9)16-11(20)10-17-12(19-18-10)13(2,3)4/h6-8H,5H2,1-4H3,(H,14,15)(H,16,20)(H,17,18,19). The van der Waals surface area contributed by atoms with E-state index in [9.17, 15) is 4.79 Å². The number of hydrogen-bond donors (Lipinski definition) is 3. The largest absolute Gasteiger partial charge is 0.347 e. The molecular formula is C13H20N6O. The summed E-state index contributed by atoms with van der Waals surface area (Å²) in [6, 6.07) is -0.172. The van der Waals surface area contributed by atoms with Crippen LogP contribution in [0, 0.1) is 0 Å². The first-order chi connectivity index (χ1) is 9.41. The molecule has 0 aliphatic carbocycles. The van der Waals surface area contributed by atoms with Crippen molar-refractivity contribution in [2.24, 2.45) is 0 Å². The van der Waals surface area contributed by atoms with Crippen molar-refractivity contribution < 1.29 is 4.79 Å². The maximum absolute atomic E-state index is 12.2. The van der Waals surface area contributed by atoms with Crippen molar-refractivity contribution in [2.45, 2.75) is 45.6 Å². The normalized spacial score (nSPS) is 13.2. The second kappa shape index (κ2) is 5.44. The van der Waals surface area contributed by atoms with Gasteiger partial charge >= 0.3 is 0 Å². The minimum atomic E-state index is -0.306. The molecule has 2 aromatic heterocycles. The van der Waals surface area contributed by atoms with Crippen LogP contribution in [0.1, 0.15) is 62.4 Å². The van der Waals surface area contributed by atoms with Crippen LogP contribution >= 0.6 is 0 Å². The van der Waals surface area contributed by atoms with E-state index in [1.165, 1.54) is 0 Å². The third-order valence-electron chi connectivity index (χ3n) is 2.96. The Morgan fingerprint density at radius 1 is 1.45 bits per heavy atom. The summed E-state index contributed by atoms with van der Waals surface area (Å²) in [7, 11) is 0. The van der Waals surface area contributed by atoms with Crippen molar-refractivity contribution in [3.05, 3.63) is 29.9 Å². The second-order valence-electron chi connectivity index (χ2n) is 5.67. The Hall–Kier alpha value is -2.18. The van der Waals surface area contributed by atoms with Gasteiger partial charge in [-0.25, -0.2) is 9.97 Å². The zero-order chi connectivity index (χ0) is 14.8. The average molecular weight is 276 g/mol. The summed E-state index contributed by atoms with van der Waals surface area (Å²) >= 11 is 0. The molecule has 2 rings (SSSR count). The molecular weight excluding hydrogens is 256 g/mol. The van der Waals surface area contributed by atoms with E-state index in [0.717, 1.165) is 12.2 Å². The van der Waals surface area contributed by atoms with Gasteiger partial charge in [-0.15, -0.1) is 5.10 Å². The molecule has 1 unspecified atom stereocenters. The van der Waals surface area contributed by atoms with Gasteiger partial charge < -0.3 is 10.3 Å². The van der Waals surface area contributed by atoms with Gasteiger partial charge in [0.25, 0.3) is 5.91 Å². The summed E-state index contributed by atoms with van der Waals surface area (Å²) in [4.78, 5) is 23.6. The van der Waals surface area contributed by atoms with Crippen LogP contribution in [0.3, 0.4) is 0 Å². The molecule has 0 aromatic carbocycles. The van der Waals surface area contributed by atoms with E-state index in [1.807, 2.05) is 27.7 Å². The lowest BCUT2D eigenvalue weighted by Gasteiger charge is -2.14. The van der Waals surface area contributed by atoms with Gasteiger partial charge in [0.15, 0.2) is 0 Å². The number of hydrogen-bond acceptors (Lipinski definition) is 4. The van der Waals surface area contributed by atoms with Crippen LogP contribution in [0.2, 0.25) is 0 Å². The molecule has 0 aliphatic rings. The molecule has 0 bridgehead atoms. The first-order valence-corrected chi connectivity index (χ1v) is 6.65. The number of carbonyl (C=O) groups excluding carboxylic acids is 1. The molecule has 0 saturated carbocycles. The Kier molecular flexibility index (Phi) is 3.87. The summed E-state index contributed by atoms with van der Waals surface area (Å²) in [5, 5.41) is 9.65. The van der Waals surface area contributed by atoms with Gasteiger partial charge in [-0.2, -0.15) is 0 Å². The summed E-state index contributed by atoms with van der Waals surface area (Å²) in [6.07, 6.45) is 4.12. The zero-order valence-electron chi connectivity index (χ0n) is 12.2. The molecule has 2 heterocycles. The van der Waals surface area contributed by atoms with E-state index in [-0.39, 0.29) is 23.2 Å². The molecule has 2 aromatic rings. The molecule has 1 amide bonds. The van der Waals surface area contributed by atoms with Crippen molar-refractivity contribution in [1.29, 1.82) is 0 Å². The molecule has 108 valence electrons. The van der Waals surface area contributed by atoms with Crippen molar-refractivity contribution in [3.8, 4) is 0 Å². The van der Waals surface area contributed by atoms with Crippen LogP contribution in [0.4, 0.5) is 0 Å². The average Bonchev–Trinajstić information content (AvgIpc) is 3.04. The topological polar surface area (TPSA) is 99.3 Å². The first-order valence-electron chi connectivity index (χ1n) is 6.65. The van der Waals surface area contributed by atoms with Gasteiger partial charge in [-0.05, 0) is 6.42 Å². The van der Waals surface area contributed by atoms with Gasteiger partial charge in [0.2, 0.25) is 5.82 Å². The van der Waals surface area contributed by atoms with E-state index in [0.29, 0.717) is 5.82 Å². The first kappa shape index (κ1) is 14.2. The number of aromatic nitrogens is 5. The highest BCUT2D eigenvalue weighted by molar-refractivity contribution is 5.90. The van der Waals surface area contributed by atoms with Crippen LogP contribution in [0.15, 0.2) is 12.4 Å². The smallest absolute Gasteiger partial charge is 0.291 e. The molecule has 7 nitrogen and oxygen atoms in total. The van der Waals surface area contributed by atoms with E-state index < -0.39 is 0 Å². The molecule has 0 fully saturated rings. The Balaban J connectivity index is 2.10. The Labute approximate surface area is 117 Å². The highest BCUT2D eigenvalue weighted by atomic mass is 16.2. The monoisotopic (exact) mass is 276 g/mol. The van der Waals surface area contributed by atoms with Crippen LogP contribution in [0.5, 0.6) is 0 Å². The van der Waals surface area contributed by atoms with Gasteiger partial charge in [0.05, 0.1) is 6.04 Å². The summed E-state index contributed by atoms with van der Waals surface area (Å²) < 4.78 is 0. The van der Waals surface area contributed by atoms with E-state index in [1.54, 1.807) is 12.4 Å². The number of nitrogens with one attached hydrogen (secondary N) is 3. The third-order valence-corrected chi connectivity index (χ3v) is 2.96.